The fourth-order valence-electron chi connectivity index (χ4n) is 2.96. The van der Waals surface area contributed by atoms with Crippen LogP contribution in [-0.4, -0.2) is 31.3 Å². The van der Waals surface area contributed by atoms with E-state index in [-0.39, 0.29) is 17.6 Å². The van der Waals surface area contributed by atoms with E-state index in [0.717, 1.165) is 17.7 Å². The second-order valence-corrected chi connectivity index (χ2v) is 7.98. The molecule has 0 radical (unpaired) electrons. The smallest absolute Gasteiger partial charge is 0.242 e. The highest BCUT2D eigenvalue weighted by atomic mass is 32.2. The molecule has 122 valence electrons. The summed E-state index contributed by atoms with van der Waals surface area (Å²) in [4.78, 5) is 14.1. The molecular weight excluding hydrogens is 316 g/mol. The first kappa shape index (κ1) is 15.7. The van der Waals surface area contributed by atoms with Gasteiger partial charge in [-0.3, -0.25) is 4.79 Å². The summed E-state index contributed by atoms with van der Waals surface area (Å²) in [6.07, 6.45) is 0.739. The summed E-state index contributed by atoms with van der Waals surface area (Å²) in [5, 5.41) is 3.66. The van der Waals surface area contributed by atoms with Crippen LogP contribution in [0.3, 0.4) is 0 Å². The Balaban J connectivity index is 1.76. The molecule has 23 heavy (non-hydrogen) atoms. The maximum Gasteiger partial charge on any atom is 0.242 e. The van der Waals surface area contributed by atoms with E-state index in [1.54, 1.807) is 17.9 Å². The lowest BCUT2D eigenvalue weighted by atomic mass is 10.1. The average molecular weight is 334 g/mol. The van der Waals surface area contributed by atoms with Gasteiger partial charge in [0.1, 0.15) is 11.5 Å². The summed E-state index contributed by atoms with van der Waals surface area (Å²) in [6, 6.07) is 9.11. The standard InChI is InChI=1S/C16H18N2O4S/c1-11-7-14(22-17-11)9-23(20,21)10-16(19)18-12(2)8-13-5-3-4-6-15(13)18/h3-7,12H,8-10H2,1-2H3/t12-/m0/s1. The number of anilines is 1. The van der Waals surface area contributed by atoms with E-state index in [1.165, 1.54) is 0 Å². The number of para-hydroxylation sites is 1. The number of benzene rings is 1. The molecule has 1 aromatic heterocycles. The molecule has 0 fully saturated rings. The zero-order chi connectivity index (χ0) is 16.6. The summed E-state index contributed by atoms with van der Waals surface area (Å²) in [5.74, 6) is -1.00. The van der Waals surface area contributed by atoms with Crippen LogP contribution in [0.15, 0.2) is 34.9 Å². The molecule has 1 atom stereocenters. The van der Waals surface area contributed by atoms with Gasteiger partial charge in [-0.05, 0) is 31.9 Å². The predicted molar refractivity (Wildman–Crippen MR) is 85.8 cm³/mol. The van der Waals surface area contributed by atoms with Gasteiger partial charge in [0.25, 0.3) is 0 Å². The highest BCUT2D eigenvalue weighted by Crippen LogP contribution is 2.32. The first-order chi connectivity index (χ1) is 10.9. The molecule has 2 aromatic rings. The van der Waals surface area contributed by atoms with Crippen LogP contribution in [0.4, 0.5) is 5.69 Å². The van der Waals surface area contributed by atoms with Crippen LogP contribution in [0.2, 0.25) is 0 Å². The lowest BCUT2D eigenvalue weighted by Crippen LogP contribution is -2.39. The molecule has 0 unspecified atom stereocenters. The minimum Gasteiger partial charge on any atom is -0.360 e. The number of aromatic nitrogens is 1. The molecular formula is C16H18N2O4S. The van der Waals surface area contributed by atoms with Crippen molar-refractivity contribution in [2.24, 2.45) is 0 Å². The average Bonchev–Trinajstić information content (AvgIpc) is 2.99. The summed E-state index contributed by atoms with van der Waals surface area (Å²) >= 11 is 0. The van der Waals surface area contributed by atoms with E-state index >= 15 is 0 Å². The van der Waals surface area contributed by atoms with E-state index in [0.29, 0.717) is 5.69 Å². The highest BCUT2D eigenvalue weighted by molar-refractivity contribution is 7.91. The van der Waals surface area contributed by atoms with Gasteiger partial charge in [0.15, 0.2) is 15.6 Å². The lowest BCUT2D eigenvalue weighted by molar-refractivity contribution is -0.116. The third kappa shape index (κ3) is 3.29. The van der Waals surface area contributed by atoms with Crippen LogP contribution < -0.4 is 4.90 Å². The van der Waals surface area contributed by atoms with Gasteiger partial charge in [-0.2, -0.15) is 0 Å². The molecule has 0 N–H and O–H groups in total. The minimum absolute atomic E-state index is 0.0392. The lowest BCUT2D eigenvalue weighted by Gasteiger charge is -2.22. The number of hydrogen-bond donors (Lipinski definition) is 0. The molecule has 0 aliphatic carbocycles. The van der Waals surface area contributed by atoms with Crippen molar-refractivity contribution in [2.75, 3.05) is 10.7 Å². The molecule has 2 heterocycles. The van der Waals surface area contributed by atoms with Gasteiger partial charge in [-0.15, -0.1) is 0 Å². The third-order valence-electron chi connectivity index (χ3n) is 3.86. The van der Waals surface area contributed by atoms with Crippen molar-refractivity contribution >= 4 is 21.4 Å². The van der Waals surface area contributed by atoms with Crippen molar-refractivity contribution < 1.29 is 17.7 Å². The van der Waals surface area contributed by atoms with Crippen LogP contribution in [0.25, 0.3) is 0 Å². The molecule has 0 saturated heterocycles. The number of carbonyl (C=O) groups is 1. The Morgan fingerprint density at radius 1 is 1.39 bits per heavy atom. The van der Waals surface area contributed by atoms with E-state index in [2.05, 4.69) is 5.16 Å². The topological polar surface area (TPSA) is 80.5 Å². The minimum atomic E-state index is -3.61. The fraction of sp³-hybridized carbons (Fsp3) is 0.375. The monoisotopic (exact) mass is 334 g/mol. The number of carbonyl (C=O) groups excluding carboxylic acids is 1. The zero-order valence-electron chi connectivity index (χ0n) is 13.0. The number of nitrogens with zero attached hydrogens (tertiary/aromatic N) is 2. The maximum atomic E-state index is 12.5. The van der Waals surface area contributed by atoms with Crippen molar-refractivity contribution in [3.63, 3.8) is 0 Å². The number of rotatable bonds is 4. The van der Waals surface area contributed by atoms with Crippen molar-refractivity contribution in [1.29, 1.82) is 0 Å². The number of amides is 1. The Morgan fingerprint density at radius 3 is 2.83 bits per heavy atom. The van der Waals surface area contributed by atoms with Crippen molar-refractivity contribution in [3.05, 3.63) is 47.3 Å². The fourth-order valence-corrected chi connectivity index (χ4v) is 4.14. The second kappa shape index (κ2) is 5.81. The van der Waals surface area contributed by atoms with Gasteiger partial charge in [0, 0.05) is 17.8 Å². The van der Waals surface area contributed by atoms with Crippen LogP contribution in [0.1, 0.15) is 23.9 Å². The van der Waals surface area contributed by atoms with Crippen LogP contribution in [0, 0.1) is 6.92 Å². The van der Waals surface area contributed by atoms with Gasteiger partial charge >= 0.3 is 0 Å². The quantitative estimate of drug-likeness (QED) is 0.853. The van der Waals surface area contributed by atoms with Crippen molar-refractivity contribution in [1.82, 2.24) is 5.16 Å². The SMILES string of the molecule is Cc1cc(CS(=O)(=O)CC(=O)N2c3ccccc3C[C@@H]2C)on1. The van der Waals surface area contributed by atoms with Crippen LogP contribution in [0.5, 0.6) is 0 Å². The van der Waals surface area contributed by atoms with Crippen LogP contribution >= 0.6 is 0 Å². The first-order valence-corrected chi connectivity index (χ1v) is 9.20. The number of aryl methyl sites for hydroxylation is 1. The summed E-state index contributed by atoms with van der Waals surface area (Å²) in [6.45, 7) is 3.64. The first-order valence-electron chi connectivity index (χ1n) is 7.38. The molecule has 7 heteroatoms. The Bertz CT molecular complexity index is 841. The Hall–Kier alpha value is -2.15. The third-order valence-corrected chi connectivity index (χ3v) is 5.27. The van der Waals surface area contributed by atoms with E-state index in [9.17, 15) is 13.2 Å². The van der Waals surface area contributed by atoms with E-state index < -0.39 is 21.5 Å². The van der Waals surface area contributed by atoms with Crippen LogP contribution in [-0.2, 0) is 26.8 Å². The molecule has 1 aliphatic heterocycles. The maximum absolute atomic E-state index is 12.5. The summed E-state index contributed by atoms with van der Waals surface area (Å²) in [5.41, 5.74) is 2.48. The van der Waals surface area contributed by atoms with Gasteiger partial charge < -0.3 is 9.42 Å². The number of sulfone groups is 1. The Labute approximate surface area is 135 Å². The second-order valence-electron chi connectivity index (χ2n) is 5.91. The molecule has 0 saturated carbocycles. The molecule has 0 spiro atoms. The molecule has 0 bridgehead atoms. The predicted octanol–water partition coefficient (Wildman–Crippen LogP) is 1.88. The molecule has 1 aromatic carbocycles. The summed E-state index contributed by atoms with van der Waals surface area (Å²) < 4.78 is 29.4. The molecule has 1 amide bonds. The van der Waals surface area contributed by atoms with Gasteiger partial charge in [-0.25, -0.2) is 8.42 Å². The van der Waals surface area contributed by atoms with E-state index in [4.69, 9.17) is 4.52 Å². The Kier molecular flexibility index (Phi) is 3.97. The van der Waals surface area contributed by atoms with Gasteiger partial charge in [0.2, 0.25) is 5.91 Å². The van der Waals surface area contributed by atoms with Gasteiger partial charge in [-0.1, -0.05) is 23.4 Å². The normalized spacial score (nSPS) is 17.3. The largest absolute Gasteiger partial charge is 0.360 e. The number of hydrogen-bond acceptors (Lipinski definition) is 5. The molecule has 3 rings (SSSR count). The Morgan fingerprint density at radius 2 is 2.13 bits per heavy atom. The summed E-state index contributed by atoms with van der Waals surface area (Å²) in [7, 11) is -3.61. The zero-order valence-corrected chi connectivity index (χ0v) is 13.8. The number of fused-ring (bicyclic) bond motifs is 1. The van der Waals surface area contributed by atoms with Crippen molar-refractivity contribution in [2.45, 2.75) is 32.1 Å². The molecule has 1 aliphatic rings. The molecule has 6 nitrogen and oxygen atoms in total. The van der Waals surface area contributed by atoms with Gasteiger partial charge in [0.05, 0.1) is 5.69 Å². The van der Waals surface area contributed by atoms with E-state index in [1.807, 2.05) is 31.2 Å². The highest BCUT2D eigenvalue weighted by Gasteiger charge is 2.33. The van der Waals surface area contributed by atoms with Crippen molar-refractivity contribution in [3.8, 4) is 0 Å².